The Bertz CT molecular complexity index is 1160. The van der Waals surface area contributed by atoms with Crippen LogP contribution in [0.25, 0.3) is 10.9 Å². The van der Waals surface area contributed by atoms with Crippen LogP contribution in [-0.2, 0) is 11.3 Å². The van der Waals surface area contributed by atoms with Crippen LogP contribution in [-0.4, -0.2) is 33.7 Å². The Labute approximate surface area is 188 Å². The van der Waals surface area contributed by atoms with E-state index in [1.54, 1.807) is 16.8 Å². The van der Waals surface area contributed by atoms with Gasteiger partial charge in [0.05, 0.1) is 23.7 Å². The first-order valence-corrected chi connectivity index (χ1v) is 10.7. The van der Waals surface area contributed by atoms with Crippen LogP contribution >= 0.6 is 0 Å². The summed E-state index contributed by atoms with van der Waals surface area (Å²) in [5.41, 5.74) is 2.18. The van der Waals surface area contributed by atoms with E-state index in [-0.39, 0.29) is 17.6 Å². The average molecular weight is 432 g/mol. The van der Waals surface area contributed by atoms with Gasteiger partial charge in [-0.15, -0.1) is 0 Å². The number of hydrogen-bond donors (Lipinski definition) is 2. The topological polar surface area (TPSA) is 99.8 Å². The van der Waals surface area contributed by atoms with Gasteiger partial charge in [0.1, 0.15) is 6.04 Å². The van der Waals surface area contributed by atoms with Gasteiger partial charge in [0, 0.05) is 11.4 Å². The molecule has 166 valence electrons. The minimum Gasteiger partial charge on any atom is -0.352 e. The van der Waals surface area contributed by atoms with Crippen molar-refractivity contribution in [3.8, 4) is 6.07 Å². The van der Waals surface area contributed by atoms with E-state index in [0.29, 0.717) is 12.1 Å². The predicted molar refractivity (Wildman–Crippen MR) is 124 cm³/mol. The van der Waals surface area contributed by atoms with Crippen molar-refractivity contribution in [2.45, 2.75) is 53.2 Å². The molecule has 0 aliphatic rings. The van der Waals surface area contributed by atoms with Crippen molar-refractivity contribution in [2.75, 3.05) is 0 Å². The Morgan fingerprint density at radius 1 is 1.06 bits per heavy atom. The fourth-order valence-corrected chi connectivity index (χ4v) is 3.52. The van der Waals surface area contributed by atoms with Crippen LogP contribution in [0.4, 0.5) is 0 Å². The van der Waals surface area contributed by atoms with Gasteiger partial charge in [-0.2, -0.15) is 10.4 Å². The van der Waals surface area contributed by atoms with E-state index in [4.69, 9.17) is 5.26 Å². The Hall–Kier alpha value is -3.66. The zero-order chi connectivity index (χ0) is 23.5. The molecule has 1 atom stereocenters. The van der Waals surface area contributed by atoms with Gasteiger partial charge in [0.15, 0.2) is 5.69 Å². The maximum absolute atomic E-state index is 13.3. The van der Waals surface area contributed by atoms with Gasteiger partial charge in [-0.25, -0.2) is 0 Å². The number of amides is 2. The van der Waals surface area contributed by atoms with Crippen LogP contribution in [0.2, 0.25) is 0 Å². The van der Waals surface area contributed by atoms with Crippen LogP contribution in [0.5, 0.6) is 0 Å². The van der Waals surface area contributed by atoms with Gasteiger partial charge in [0.2, 0.25) is 5.91 Å². The molecule has 0 fully saturated rings. The molecule has 2 amide bonds. The van der Waals surface area contributed by atoms with Crippen LogP contribution < -0.4 is 10.6 Å². The largest absolute Gasteiger partial charge is 0.352 e. The lowest BCUT2D eigenvalue weighted by Crippen LogP contribution is -2.54. The van der Waals surface area contributed by atoms with Gasteiger partial charge in [0.25, 0.3) is 5.91 Å². The summed E-state index contributed by atoms with van der Waals surface area (Å²) >= 11 is 0. The highest BCUT2D eigenvalue weighted by Crippen LogP contribution is 2.23. The number of aromatic nitrogens is 2. The summed E-state index contributed by atoms with van der Waals surface area (Å²) in [4.78, 5) is 26.0. The van der Waals surface area contributed by atoms with Crippen molar-refractivity contribution < 1.29 is 9.59 Å². The molecule has 0 unspecified atom stereocenters. The number of nitrogens with one attached hydrogen (secondary N) is 2. The summed E-state index contributed by atoms with van der Waals surface area (Å²) in [5, 5.41) is 20.1. The normalized spacial score (nSPS) is 12.4. The molecule has 32 heavy (non-hydrogen) atoms. The molecule has 0 spiro atoms. The van der Waals surface area contributed by atoms with Crippen LogP contribution in [0.15, 0.2) is 48.5 Å². The molecule has 0 aliphatic carbocycles. The molecule has 0 bridgehead atoms. The summed E-state index contributed by atoms with van der Waals surface area (Å²) in [7, 11) is 0. The third-order valence-corrected chi connectivity index (χ3v) is 5.12. The smallest absolute Gasteiger partial charge is 0.273 e. The molecule has 7 nitrogen and oxygen atoms in total. The maximum atomic E-state index is 13.3. The molecule has 0 radical (unpaired) electrons. The molecular weight excluding hydrogens is 402 g/mol. The van der Waals surface area contributed by atoms with E-state index in [1.165, 1.54) is 0 Å². The summed E-state index contributed by atoms with van der Waals surface area (Å²) in [6.07, 6.45) is 0. The quantitative estimate of drug-likeness (QED) is 0.622. The minimum atomic E-state index is -0.708. The highest BCUT2D eigenvalue weighted by Gasteiger charge is 2.34. The number of para-hydroxylation sites is 1. The van der Waals surface area contributed by atoms with Gasteiger partial charge in [-0.1, -0.05) is 51.1 Å². The van der Waals surface area contributed by atoms with Gasteiger partial charge in [-0.3, -0.25) is 14.3 Å². The number of carbonyl (C=O) groups excluding carboxylic acids is 2. The van der Waals surface area contributed by atoms with E-state index in [9.17, 15) is 9.59 Å². The second-order valence-corrected chi connectivity index (χ2v) is 9.27. The fraction of sp³-hybridized carbons (Fsp3) is 0.360. The zero-order valence-electron chi connectivity index (χ0n) is 19.1. The van der Waals surface area contributed by atoms with Crippen molar-refractivity contribution in [2.24, 2.45) is 5.41 Å². The highest BCUT2D eigenvalue weighted by molar-refractivity contribution is 6.06. The number of carbonyl (C=O) groups is 2. The number of benzene rings is 2. The fourth-order valence-electron chi connectivity index (χ4n) is 3.52. The van der Waals surface area contributed by atoms with E-state index in [1.807, 2.05) is 71.0 Å². The summed E-state index contributed by atoms with van der Waals surface area (Å²) in [6, 6.07) is 16.2. The molecule has 0 saturated carbocycles. The first-order chi connectivity index (χ1) is 15.1. The van der Waals surface area contributed by atoms with Crippen molar-refractivity contribution in [1.29, 1.82) is 5.26 Å². The summed E-state index contributed by atoms with van der Waals surface area (Å²) in [5.74, 6) is -0.610. The molecule has 2 N–H and O–H groups in total. The molecule has 3 rings (SSSR count). The van der Waals surface area contributed by atoms with E-state index < -0.39 is 17.4 Å². The van der Waals surface area contributed by atoms with Gasteiger partial charge >= 0.3 is 0 Å². The number of nitriles is 1. The molecular formula is C25H29N5O2. The second-order valence-electron chi connectivity index (χ2n) is 9.27. The Balaban J connectivity index is 1.93. The molecule has 3 aromatic rings. The van der Waals surface area contributed by atoms with Crippen molar-refractivity contribution in [3.63, 3.8) is 0 Å². The van der Waals surface area contributed by atoms with Crippen LogP contribution in [0, 0.1) is 16.7 Å². The lowest BCUT2D eigenvalue weighted by atomic mass is 9.86. The predicted octanol–water partition coefficient (Wildman–Crippen LogP) is 3.63. The van der Waals surface area contributed by atoms with Crippen molar-refractivity contribution in [3.05, 3.63) is 65.4 Å². The second kappa shape index (κ2) is 9.23. The van der Waals surface area contributed by atoms with Gasteiger partial charge < -0.3 is 10.6 Å². The molecule has 7 heteroatoms. The lowest BCUT2D eigenvalue weighted by molar-refractivity contribution is -0.125. The summed E-state index contributed by atoms with van der Waals surface area (Å²) in [6.45, 7) is 9.98. The number of rotatable bonds is 6. The molecule has 2 aromatic carbocycles. The van der Waals surface area contributed by atoms with Gasteiger partial charge in [-0.05, 0) is 43.0 Å². The molecule has 0 saturated heterocycles. The SMILES string of the molecule is CC(C)NC(=O)[C@@H](NC(=O)c1nn(Cc2ccc(C#N)cc2)c2ccccc12)C(C)(C)C. The van der Waals surface area contributed by atoms with E-state index >= 15 is 0 Å². The van der Waals surface area contributed by atoms with E-state index in [0.717, 1.165) is 16.5 Å². The van der Waals surface area contributed by atoms with Crippen molar-refractivity contribution in [1.82, 2.24) is 20.4 Å². The molecule has 1 heterocycles. The number of hydrogen-bond acceptors (Lipinski definition) is 4. The zero-order valence-corrected chi connectivity index (χ0v) is 19.1. The first-order valence-electron chi connectivity index (χ1n) is 10.7. The Morgan fingerprint density at radius 2 is 1.72 bits per heavy atom. The van der Waals surface area contributed by atoms with Crippen LogP contribution in [0.3, 0.4) is 0 Å². The number of fused-ring (bicyclic) bond motifs is 1. The molecule has 0 aliphatic heterocycles. The molecule has 1 aromatic heterocycles. The first kappa shape index (κ1) is 23.0. The van der Waals surface area contributed by atoms with Crippen molar-refractivity contribution >= 4 is 22.7 Å². The minimum absolute atomic E-state index is 0.0308. The van der Waals surface area contributed by atoms with Crippen LogP contribution in [0.1, 0.15) is 56.2 Å². The summed E-state index contributed by atoms with van der Waals surface area (Å²) < 4.78 is 1.77. The Morgan fingerprint density at radius 3 is 2.31 bits per heavy atom. The monoisotopic (exact) mass is 431 g/mol. The van der Waals surface area contributed by atoms with E-state index in [2.05, 4.69) is 21.8 Å². The standard InChI is InChI=1S/C25H29N5O2/c1-16(2)27-24(32)22(25(3,4)5)28-23(31)21-19-8-6-7-9-20(19)30(29-21)15-18-12-10-17(14-26)11-13-18/h6-13,16,22H,15H2,1-5H3,(H,27,32)(H,28,31)/t22-/m1/s1. The highest BCUT2D eigenvalue weighted by atomic mass is 16.2. The third-order valence-electron chi connectivity index (χ3n) is 5.12. The average Bonchev–Trinajstić information content (AvgIpc) is 3.09. The lowest BCUT2D eigenvalue weighted by Gasteiger charge is -2.30. The number of nitrogens with zero attached hydrogens (tertiary/aromatic N) is 3. The third kappa shape index (κ3) is 5.14. The maximum Gasteiger partial charge on any atom is 0.273 e. The Kier molecular flexibility index (Phi) is 6.64.